The molecule has 1 aromatic rings. The highest BCUT2D eigenvalue weighted by atomic mass is 35.5. The van der Waals surface area contributed by atoms with Crippen LogP contribution in [-0.4, -0.2) is 18.4 Å². The zero-order chi connectivity index (χ0) is 16.0. The predicted octanol–water partition coefficient (Wildman–Crippen LogP) is 5.75. The van der Waals surface area contributed by atoms with Crippen LogP contribution < -0.4 is 0 Å². The van der Waals surface area contributed by atoms with E-state index < -0.39 is 0 Å². The molecule has 0 amide bonds. The maximum atomic E-state index is 8.11. The zero-order valence-corrected chi connectivity index (χ0v) is 14.8. The lowest BCUT2D eigenvalue weighted by atomic mass is 9.85. The van der Waals surface area contributed by atoms with E-state index in [1.54, 1.807) is 0 Å². The molecule has 0 bridgehead atoms. The Balaban J connectivity index is 3.10. The molecule has 0 aromatic heterocycles. The first kappa shape index (κ1) is 18.3. The second-order valence-electron chi connectivity index (χ2n) is 6.17. The first-order valence-electron chi connectivity index (χ1n) is 7.38. The topological polar surface area (TPSA) is 33.1 Å². The fourth-order valence-electron chi connectivity index (χ4n) is 2.24. The van der Waals surface area contributed by atoms with Gasteiger partial charge in [0.05, 0.1) is 12.5 Å². The number of alkyl halides is 1. The standard InChI is InChI=1S/C17H25Cl2NO/c1-5-21-16(20)14(7-6-10-18)13-9-8-12(11-15(13)19)17(2,3)4/h8-9,11,14,20H,5-7,10H2,1-4H3. The van der Waals surface area contributed by atoms with E-state index in [0.717, 1.165) is 18.4 Å². The molecule has 1 unspecified atom stereocenters. The van der Waals surface area contributed by atoms with Crippen LogP contribution in [0.25, 0.3) is 0 Å². The van der Waals surface area contributed by atoms with Crippen molar-refractivity contribution in [1.29, 1.82) is 5.41 Å². The van der Waals surface area contributed by atoms with Gasteiger partial charge in [0.2, 0.25) is 0 Å². The molecule has 21 heavy (non-hydrogen) atoms. The summed E-state index contributed by atoms with van der Waals surface area (Å²) in [5.74, 6) is 0.728. The van der Waals surface area contributed by atoms with Crippen molar-refractivity contribution in [3.8, 4) is 0 Å². The molecule has 0 radical (unpaired) electrons. The summed E-state index contributed by atoms with van der Waals surface area (Å²) in [4.78, 5) is 0. The normalized spacial score (nSPS) is 13.0. The van der Waals surface area contributed by atoms with Crippen LogP contribution >= 0.6 is 23.2 Å². The maximum Gasteiger partial charge on any atom is 0.188 e. The average Bonchev–Trinajstić information content (AvgIpc) is 2.39. The highest BCUT2D eigenvalue weighted by Crippen LogP contribution is 2.33. The number of nitrogens with one attached hydrogen (secondary N) is 1. The quantitative estimate of drug-likeness (QED) is 0.402. The number of hydrogen-bond acceptors (Lipinski definition) is 2. The van der Waals surface area contributed by atoms with Gasteiger partial charge < -0.3 is 4.74 Å². The molecule has 4 heteroatoms. The first-order chi connectivity index (χ1) is 9.81. The maximum absolute atomic E-state index is 8.11. The molecule has 1 N–H and O–H groups in total. The molecule has 0 aliphatic heterocycles. The van der Waals surface area contributed by atoms with Crippen molar-refractivity contribution in [2.45, 2.75) is 51.9 Å². The Morgan fingerprint density at radius 2 is 2.00 bits per heavy atom. The fourth-order valence-corrected chi connectivity index (χ4v) is 2.71. The van der Waals surface area contributed by atoms with Crippen molar-refractivity contribution >= 4 is 29.1 Å². The second kappa shape index (κ2) is 8.05. The molecular weight excluding hydrogens is 305 g/mol. The lowest BCUT2D eigenvalue weighted by Gasteiger charge is -2.23. The Hall–Kier alpha value is -0.730. The van der Waals surface area contributed by atoms with Gasteiger partial charge in [-0.15, -0.1) is 11.6 Å². The van der Waals surface area contributed by atoms with Crippen molar-refractivity contribution in [2.75, 3.05) is 12.5 Å². The molecule has 0 aliphatic rings. The Morgan fingerprint density at radius 1 is 1.33 bits per heavy atom. The van der Waals surface area contributed by atoms with Gasteiger partial charge in [-0.05, 0) is 42.4 Å². The van der Waals surface area contributed by atoms with E-state index in [2.05, 4.69) is 26.8 Å². The van der Waals surface area contributed by atoms with Crippen LogP contribution in [0.2, 0.25) is 5.02 Å². The van der Waals surface area contributed by atoms with E-state index in [9.17, 15) is 0 Å². The molecule has 0 saturated carbocycles. The average molecular weight is 330 g/mol. The largest absolute Gasteiger partial charge is 0.481 e. The molecule has 2 nitrogen and oxygen atoms in total. The van der Waals surface area contributed by atoms with Gasteiger partial charge in [-0.25, -0.2) is 0 Å². The van der Waals surface area contributed by atoms with E-state index in [0.29, 0.717) is 17.5 Å². The van der Waals surface area contributed by atoms with Crippen LogP contribution in [0.5, 0.6) is 0 Å². The molecule has 0 spiro atoms. The number of hydrogen-bond donors (Lipinski definition) is 1. The van der Waals surface area contributed by atoms with Gasteiger partial charge in [0, 0.05) is 10.9 Å². The molecular formula is C17H25Cl2NO. The number of benzene rings is 1. The molecule has 118 valence electrons. The third kappa shape index (κ3) is 5.19. The van der Waals surface area contributed by atoms with E-state index in [1.807, 2.05) is 19.1 Å². The lowest BCUT2D eigenvalue weighted by Crippen LogP contribution is -2.17. The Bertz CT molecular complexity index is 480. The zero-order valence-electron chi connectivity index (χ0n) is 13.3. The highest BCUT2D eigenvalue weighted by molar-refractivity contribution is 6.31. The van der Waals surface area contributed by atoms with E-state index in [1.165, 1.54) is 5.56 Å². The molecule has 1 rings (SSSR count). The van der Waals surface area contributed by atoms with Crippen molar-refractivity contribution in [2.24, 2.45) is 0 Å². The lowest BCUT2D eigenvalue weighted by molar-refractivity contribution is 0.305. The summed E-state index contributed by atoms with van der Waals surface area (Å²) in [6.45, 7) is 8.86. The summed E-state index contributed by atoms with van der Waals surface area (Å²) < 4.78 is 5.39. The monoisotopic (exact) mass is 329 g/mol. The van der Waals surface area contributed by atoms with Crippen LogP contribution in [0, 0.1) is 5.41 Å². The minimum absolute atomic E-state index is 0.0568. The molecule has 0 aliphatic carbocycles. The van der Waals surface area contributed by atoms with Crippen molar-refractivity contribution < 1.29 is 4.74 Å². The number of rotatable bonds is 6. The molecule has 0 saturated heterocycles. The second-order valence-corrected chi connectivity index (χ2v) is 6.95. The SMILES string of the molecule is CCOC(=N)C(CCCCl)c1ccc(C(C)(C)C)cc1Cl. The van der Waals surface area contributed by atoms with Crippen molar-refractivity contribution in [3.63, 3.8) is 0 Å². The minimum atomic E-state index is -0.120. The first-order valence-corrected chi connectivity index (χ1v) is 8.29. The Labute approximate surface area is 138 Å². The Kier molecular flexibility index (Phi) is 7.02. The third-order valence-corrected chi connectivity index (χ3v) is 4.08. The summed E-state index contributed by atoms with van der Waals surface area (Å²) in [5, 5.41) is 8.81. The van der Waals surface area contributed by atoms with Gasteiger partial charge in [0.15, 0.2) is 5.90 Å². The molecule has 0 fully saturated rings. The fraction of sp³-hybridized carbons (Fsp3) is 0.588. The summed E-state index contributed by atoms with van der Waals surface area (Å²) in [5.41, 5.74) is 2.20. The third-order valence-electron chi connectivity index (χ3n) is 3.48. The van der Waals surface area contributed by atoms with Gasteiger partial charge >= 0.3 is 0 Å². The van der Waals surface area contributed by atoms with Gasteiger partial charge in [0.25, 0.3) is 0 Å². The van der Waals surface area contributed by atoms with Crippen molar-refractivity contribution in [1.82, 2.24) is 0 Å². The van der Waals surface area contributed by atoms with E-state index >= 15 is 0 Å². The molecule has 1 aromatic carbocycles. The minimum Gasteiger partial charge on any atom is -0.481 e. The van der Waals surface area contributed by atoms with E-state index in [-0.39, 0.29) is 17.2 Å². The van der Waals surface area contributed by atoms with Gasteiger partial charge in [0.1, 0.15) is 0 Å². The van der Waals surface area contributed by atoms with Crippen LogP contribution in [0.1, 0.15) is 57.6 Å². The molecule has 0 heterocycles. The summed E-state index contributed by atoms with van der Waals surface area (Å²) in [6, 6.07) is 6.12. The highest BCUT2D eigenvalue weighted by Gasteiger charge is 2.22. The molecule has 1 atom stereocenters. The number of halogens is 2. The number of ether oxygens (including phenoxy) is 1. The van der Waals surface area contributed by atoms with Crippen LogP contribution in [0.4, 0.5) is 0 Å². The smallest absolute Gasteiger partial charge is 0.188 e. The van der Waals surface area contributed by atoms with Crippen LogP contribution in [0.3, 0.4) is 0 Å². The summed E-state index contributed by atoms with van der Waals surface area (Å²) in [7, 11) is 0. The van der Waals surface area contributed by atoms with Gasteiger partial charge in [-0.3, -0.25) is 5.41 Å². The van der Waals surface area contributed by atoms with Crippen molar-refractivity contribution in [3.05, 3.63) is 34.3 Å². The van der Waals surface area contributed by atoms with Gasteiger partial charge in [-0.1, -0.05) is 44.5 Å². The van der Waals surface area contributed by atoms with E-state index in [4.69, 9.17) is 33.3 Å². The summed E-state index contributed by atoms with van der Waals surface area (Å²) >= 11 is 12.3. The predicted molar refractivity (Wildman–Crippen MR) is 92.2 cm³/mol. The van der Waals surface area contributed by atoms with Gasteiger partial charge in [-0.2, -0.15) is 0 Å². The van der Waals surface area contributed by atoms with Crippen LogP contribution in [0.15, 0.2) is 18.2 Å². The van der Waals surface area contributed by atoms with Crippen LogP contribution in [-0.2, 0) is 10.2 Å². The Morgan fingerprint density at radius 3 is 2.48 bits per heavy atom. The summed E-state index contributed by atoms with van der Waals surface area (Å²) in [6.07, 6.45) is 1.61.